The molecule has 0 amide bonds. The van der Waals surface area contributed by atoms with Gasteiger partial charge in [-0.1, -0.05) is 38.7 Å². The highest BCUT2D eigenvalue weighted by Gasteiger charge is 1.94. The van der Waals surface area contributed by atoms with E-state index in [1.165, 1.54) is 25.7 Å². The molecule has 16 heavy (non-hydrogen) atoms. The topological polar surface area (TPSA) is 48.1 Å². The lowest BCUT2D eigenvalue weighted by Crippen LogP contribution is -1.97. The molecule has 1 rings (SSSR count). The zero-order valence-corrected chi connectivity index (χ0v) is 10.1. The Bertz CT molecular complexity index is 272. The molecule has 1 aromatic heterocycles. The first-order valence-corrected chi connectivity index (χ1v) is 6.11. The van der Waals surface area contributed by atoms with Crippen LogP contribution in [-0.2, 0) is 11.3 Å². The van der Waals surface area contributed by atoms with Gasteiger partial charge in [0.2, 0.25) is 0 Å². The van der Waals surface area contributed by atoms with E-state index < -0.39 is 0 Å². The fourth-order valence-corrected chi connectivity index (χ4v) is 1.52. The summed E-state index contributed by atoms with van der Waals surface area (Å²) in [7, 11) is 0. The van der Waals surface area contributed by atoms with Gasteiger partial charge in [-0.15, -0.1) is 0 Å². The van der Waals surface area contributed by atoms with Gasteiger partial charge in [0.05, 0.1) is 6.61 Å². The molecule has 0 radical (unpaired) electrons. The molecule has 0 saturated carbocycles. The summed E-state index contributed by atoms with van der Waals surface area (Å²) in [5, 5.41) is 0. The summed E-state index contributed by atoms with van der Waals surface area (Å²) in [5.41, 5.74) is 6.58. The highest BCUT2D eigenvalue weighted by atomic mass is 16.5. The van der Waals surface area contributed by atoms with E-state index >= 15 is 0 Å². The van der Waals surface area contributed by atoms with Gasteiger partial charge in [0, 0.05) is 12.8 Å². The SMILES string of the molecule is CCCCCCCOCc1ccc(N)nc1. The Morgan fingerprint density at radius 1 is 1.19 bits per heavy atom. The molecule has 0 aliphatic carbocycles. The average molecular weight is 222 g/mol. The Labute approximate surface area is 98.0 Å². The summed E-state index contributed by atoms with van der Waals surface area (Å²) in [6.45, 7) is 3.71. The van der Waals surface area contributed by atoms with Crippen LogP contribution in [0.4, 0.5) is 5.82 Å². The summed E-state index contributed by atoms with van der Waals surface area (Å²) >= 11 is 0. The first-order chi connectivity index (χ1) is 7.83. The third-order valence-corrected chi connectivity index (χ3v) is 2.51. The van der Waals surface area contributed by atoms with E-state index in [2.05, 4.69) is 11.9 Å². The molecule has 0 unspecified atom stereocenters. The summed E-state index contributed by atoms with van der Waals surface area (Å²) in [5.74, 6) is 0.559. The van der Waals surface area contributed by atoms with Crippen LogP contribution in [0, 0.1) is 0 Å². The summed E-state index contributed by atoms with van der Waals surface area (Å²) in [4.78, 5) is 4.02. The maximum absolute atomic E-state index is 5.56. The van der Waals surface area contributed by atoms with Gasteiger partial charge in [-0.2, -0.15) is 0 Å². The van der Waals surface area contributed by atoms with Crippen LogP contribution in [-0.4, -0.2) is 11.6 Å². The molecule has 0 bridgehead atoms. The predicted octanol–water partition coefficient (Wildman–Crippen LogP) is 3.15. The molecule has 0 atom stereocenters. The molecule has 1 aromatic rings. The van der Waals surface area contributed by atoms with E-state index in [-0.39, 0.29) is 0 Å². The first kappa shape index (κ1) is 13.0. The Balaban J connectivity index is 2.01. The van der Waals surface area contributed by atoms with Gasteiger partial charge in [0.1, 0.15) is 5.82 Å². The van der Waals surface area contributed by atoms with Crippen molar-refractivity contribution in [3.8, 4) is 0 Å². The number of nitrogen functional groups attached to an aromatic ring is 1. The number of anilines is 1. The summed E-state index contributed by atoms with van der Waals surface area (Å²) < 4.78 is 5.56. The largest absolute Gasteiger partial charge is 0.384 e. The van der Waals surface area contributed by atoms with Crippen LogP contribution in [0.5, 0.6) is 0 Å². The zero-order valence-electron chi connectivity index (χ0n) is 10.1. The first-order valence-electron chi connectivity index (χ1n) is 6.11. The lowest BCUT2D eigenvalue weighted by Gasteiger charge is -2.04. The van der Waals surface area contributed by atoms with Crippen LogP contribution in [0.1, 0.15) is 44.6 Å². The van der Waals surface area contributed by atoms with Crippen LogP contribution < -0.4 is 5.73 Å². The van der Waals surface area contributed by atoms with E-state index in [1.54, 1.807) is 12.3 Å². The minimum Gasteiger partial charge on any atom is -0.384 e. The predicted molar refractivity (Wildman–Crippen MR) is 67.1 cm³/mol. The lowest BCUT2D eigenvalue weighted by atomic mass is 10.2. The maximum Gasteiger partial charge on any atom is 0.123 e. The number of unbranched alkanes of at least 4 members (excludes halogenated alkanes) is 4. The van der Waals surface area contributed by atoms with Crippen molar-refractivity contribution >= 4 is 5.82 Å². The van der Waals surface area contributed by atoms with E-state index in [4.69, 9.17) is 10.5 Å². The standard InChI is InChI=1S/C13H22N2O/c1-2-3-4-5-6-9-16-11-12-7-8-13(14)15-10-12/h7-8,10H,2-6,9,11H2,1H3,(H2,14,15). The summed E-state index contributed by atoms with van der Waals surface area (Å²) in [6.07, 6.45) is 8.14. The molecule has 0 aliphatic rings. The maximum atomic E-state index is 5.56. The van der Waals surface area contributed by atoms with Gasteiger partial charge in [-0.3, -0.25) is 0 Å². The minimum atomic E-state index is 0.559. The highest BCUT2D eigenvalue weighted by molar-refractivity contribution is 5.28. The fraction of sp³-hybridized carbons (Fsp3) is 0.615. The number of pyridine rings is 1. The molecule has 1 heterocycles. The molecule has 90 valence electrons. The van der Waals surface area contributed by atoms with Gasteiger partial charge in [0.15, 0.2) is 0 Å². The fourth-order valence-electron chi connectivity index (χ4n) is 1.52. The number of hydrogen-bond donors (Lipinski definition) is 1. The molecule has 0 spiro atoms. The molecular weight excluding hydrogens is 200 g/mol. The van der Waals surface area contributed by atoms with Crippen LogP contribution >= 0.6 is 0 Å². The second-order valence-corrected chi connectivity index (χ2v) is 4.06. The van der Waals surface area contributed by atoms with Crippen LogP contribution in [0.15, 0.2) is 18.3 Å². The molecule has 0 aliphatic heterocycles. The highest BCUT2D eigenvalue weighted by Crippen LogP contribution is 2.05. The van der Waals surface area contributed by atoms with Crippen molar-refractivity contribution in [3.63, 3.8) is 0 Å². The van der Waals surface area contributed by atoms with Crippen molar-refractivity contribution in [2.24, 2.45) is 0 Å². The monoisotopic (exact) mass is 222 g/mol. The van der Waals surface area contributed by atoms with Crippen LogP contribution in [0.25, 0.3) is 0 Å². The van der Waals surface area contributed by atoms with Crippen molar-refractivity contribution in [1.82, 2.24) is 4.98 Å². The van der Waals surface area contributed by atoms with Crippen LogP contribution in [0.3, 0.4) is 0 Å². The number of aromatic nitrogens is 1. The van der Waals surface area contributed by atoms with Gasteiger partial charge in [0.25, 0.3) is 0 Å². The average Bonchev–Trinajstić information content (AvgIpc) is 2.30. The number of hydrogen-bond acceptors (Lipinski definition) is 3. The van der Waals surface area contributed by atoms with E-state index in [1.807, 2.05) is 6.07 Å². The smallest absolute Gasteiger partial charge is 0.123 e. The van der Waals surface area contributed by atoms with Crippen molar-refractivity contribution < 1.29 is 4.74 Å². The Kier molecular flexibility index (Phi) is 6.58. The van der Waals surface area contributed by atoms with Gasteiger partial charge >= 0.3 is 0 Å². The van der Waals surface area contributed by atoms with Gasteiger partial charge in [-0.05, 0) is 18.1 Å². The second-order valence-electron chi connectivity index (χ2n) is 4.06. The third-order valence-electron chi connectivity index (χ3n) is 2.51. The molecule has 3 nitrogen and oxygen atoms in total. The van der Waals surface area contributed by atoms with Gasteiger partial charge < -0.3 is 10.5 Å². The molecule has 0 aromatic carbocycles. The summed E-state index contributed by atoms with van der Waals surface area (Å²) in [6, 6.07) is 3.76. The molecule has 0 saturated heterocycles. The van der Waals surface area contributed by atoms with Crippen molar-refractivity contribution in [2.45, 2.75) is 45.6 Å². The Morgan fingerprint density at radius 3 is 2.69 bits per heavy atom. The number of nitrogens with two attached hydrogens (primary N) is 1. The molecule has 3 heteroatoms. The minimum absolute atomic E-state index is 0.559. The van der Waals surface area contributed by atoms with Crippen molar-refractivity contribution in [3.05, 3.63) is 23.9 Å². The van der Waals surface area contributed by atoms with E-state index in [0.717, 1.165) is 18.6 Å². The normalized spacial score (nSPS) is 10.6. The zero-order chi connectivity index (χ0) is 11.6. The second kappa shape index (κ2) is 8.11. The molecular formula is C13H22N2O. The molecule has 2 N–H and O–H groups in total. The van der Waals surface area contributed by atoms with Crippen molar-refractivity contribution in [2.75, 3.05) is 12.3 Å². The van der Waals surface area contributed by atoms with E-state index in [9.17, 15) is 0 Å². The number of rotatable bonds is 8. The van der Waals surface area contributed by atoms with Crippen LogP contribution in [0.2, 0.25) is 0 Å². The Morgan fingerprint density at radius 2 is 2.00 bits per heavy atom. The number of nitrogens with zero attached hydrogens (tertiary/aromatic N) is 1. The van der Waals surface area contributed by atoms with E-state index in [0.29, 0.717) is 12.4 Å². The third kappa shape index (κ3) is 5.71. The Hall–Kier alpha value is -1.09. The molecule has 0 fully saturated rings. The van der Waals surface area contributed by atoms with Gasteiger partial charge in [-0.25, -0.2) is 4.98 Å². The number of ether oxygens (including phenoxy) is 1. The quantitative estimate of drug-likeness (QED) is 0.687. The lowest BCUT2D eigenvalue weighted by molar-refractivity contribution is 0.116. The van der Waals surface area contributed by atoms with Crippen molar-refractivity contribution in [1.29, 1.82) is 0 Å².